The molecule has 1 heterocycles. The number of aryl methyl sites for hydroxylation is 2. The van der Waals surface area contributed by atoms with E-state index in [1.807, 2.05) is 18.5 Å². The monoisotopic (exact) mass is 268 g/mol. The predicted molar refractivity (Wildman–Crippen MR) is 79.6 cm³/mol. The van der Waals surface area contributed by atoms with Gasteiger partial charge in [-0.25, -0.2) is 0 Å². The Balaban J connectivity index is 1.75. The third kappa shape index (κ3) is 2.68. The number of hydrogen-bond donors (Lipinski definition) is 2. The van der Waals surface area contributed by atoms with Crippen LogP contribution in [-0.2, 0) is 13.0 Å². The van der Waals surface area contributed by atoms with Gasteiger partial charge in [0.05, 0.1) is 0 Å². The lowest BCUT2D eigenvalue weighted by Crippen LogP contribution is -2.25. The van der Waals surface area contributed by atoms with Gasteiger partial charge in [-0.05, 0) is 66.6 Å². The summed E-state index contributed by atoms with van der Waals surface area (Å²) in [7, 11) is 0. The topological polar surface area (TPSA) is 45.2 Å². The second kappa shape index (κ2) is 5.63. The van der Waals surface area contributed by atoms with E-state index in [0.29, 0.717) is 11.8 Å². The maximum absolute atomic E-state index is 9.59. The van der Waals surface area contributed by atoms with E-state index in [1.165, 1.54) is 28.7 Å². The molecule has 2 aromatic rings. The Morgan fingerprint density at radius 3 is 3.10 bits per heavy atom. The van der Waals surface area contributed by atoms with Crippen molar-refractivity contribution in [3.63, 3.8) is 0 Å². The third-order valence-corrected chi connectivity index (χ3v) is 4.12. The summed E-state index contributed by atoms with van der Waals surface area (Å²) in [6, 6.07) is 8.20. The molecule has 0 amide bonds. The molecule has 1 aliphatic rings. The van der Waals surface area contributed by atoms with Crippen LogP contribution in [0.4, 0.5) is 0 Å². The zero-order chi connectivity index (χ0) is 13.9. The van der Waals surface area contributed by atoms with E-state index in [0.717, 1.165) is 19.4 Å². The first kappa shape index (κ1) is 13.1. The Kier molecular flexibility index (Phi) is 3.70. The molecule has 3 nitrogen and oxygen atoms in total. The van der Waals surface area contributed by atoms with Gasteiger partial charge >= 0.3 is 0 Å². The van der Waals surface area contributed by atoms with E-state index < -0.39 is 0 Å². The Morgan fingerprint density at radius 1 is 1.35 bits per heavy atom. The molecule has 1 unspecified atom stereocenters. The second-order valence-corrected chi connectivity index (χ2v) is 5.51. The molecule has 0 fully saturated rings. The van der Waals surface area contributed by atoms with E-state index in [2.05, 4.69) is 29.4 Å². The lowest BCUT2D eigenvalue weighted by molar-refractivity contribution is 0.449. The quantitative estimate of drug-likeness (QED) is 0.898. The Bertz CT molecular complexity index is 610. The van der Waals surface area contributed by atoms with Gasteiger partial charge in [0.15, 0.2) is 0 Å². The van der Waals surface area contributed by atoms with Crippen LogP contribution in [0, 0.1) is 6.92 Å². The summed E-state index contributed by atoms with van der Waals surface area (Å²) >= 11 is 0. The number of pyridine rings is 1. The van der Waals surface area contributed by atoms with Crippen molar-refractivity contribution in [2.45, 2.75) is 38.8 Å². The normalized spacial score (nSPS) is 17.8. The summed E-state index contributed by atoms with van der Waals surface area (Å²) in [5.74, 6) is 0.370. The van der Waals surface area contributed by atoms with Crippen molar-refractivity contribution >= 4 is 0 Å². The molecular weight excluding hydrogens is 248 g/mol. The highest BCUT2D eigenvalue weighted by molar-refractivity contribution is 5.38. The number of aromatic hydroxyl groups is 1. The minimum absolute atomic E-state index is 0.370. The number of phenols is 1. The maximum Gasteiger partial charge on any atom is 0.115 e. The molecule has 104 valence electrons. The van der Waals surface area contributed by atoms with Gasteiger partial charge in [-0.2, -0.15) is 0 Å². The van der Waals surface area contributed by atoms with Gasteiger partial charge < -0.3 is 10.4 Å². The number of fused-ring (bicyclic) bond motifs is 1. The van der Waals surface area contributed by atoms with Gasteiger partial charge in [0.25, 0.3) is 0 Å². The number of rotatable bonds is 3. The average Bonchev–Trinajstić information content (AvgIpc) is 2.46. The van der Waals surface area contributed by atoms with Crippen LogP contribution < -0.4 is 5.32 Å². The van der Waals surface area contributed by atoms with Gasteiger partial charge in [0, 0.05) is 25.0 Å². The predicted octanol–water partition coefficient (Wildman–Crippen LogP) is 3.26. The number of benzene rings is 1. The number of nitrogens with zero attached hydrogens (tertiary/aromatic N) is 1. The molecule has 1 aromatic heterocycles. The van der Waals surface area contributed by atoms with E-state index in [1.54, 1.807) is 6.07 Å². The summed E-state index contributed by atoms with van der Waals surface area (Å²) in [5.41, 5.74) is 5.13. The highest BCUT2D eigenvalue weighted by Gasteiger charge is 2.20. The first-order valence-corrected chi connectivity index (χ1v) is 7.18. The molecule has 0 saturated carbocycles. The van der Waals surface area contributed by atoms with Crippen molar-refractivity contribution in [3.05, 3.63) is 58.9 Å². The highest BCUT2D eigenvalue weighted by atomic mass is 16.3. The zero-order valence-corrected chi connectivity index (χ0v) is 11.8. The second-order valence-electron chi connectivity index (χ2n) is 5.51. The van der Waals surface area contributed by atoms with E-state index >= 15 is 0 Å². The Morgan fingerprint density at radius 2 is 2.25 bits per heavy atom. The van der Waals surface area contributed by atoms with E-state index in [4.69, 9.17) is 0 Å². The Hall–Kier alpha value is -1.87. The van der Waals surface area contributed by atoms with Gasteiger partial charge in [0.1, 0.15) is 5.75 Å². The number of phenolic OH excluding ortho intramolecular Hbond substituents is 1. The van der Waals surface area contributed by atoms with Gasteiger partial charge in [-0.1, -0.05) is 6.07 Å². The SMILES string of the molecule is Cc1cnccc1CNC1CCCc2cc(O)ccc21. The van der Waals surface area contributed by atoms with Crippen molar-refractivity contribution < 1.29 is 5.11 Å². The molecule has 3 heteroatoms. The first-order valence-electron chi connectivity index (χ1n) is 7.18. The van der Waals surface area contributed by atoms with Crippen LogP contribution in [0.2, 0.25) is 0 Å². The average molecular weight is 268 g/mol. The van der Waals surface area contributed by atoms with Crippen molar-refractivity contribution in [2.75, 3.05) is 0 Å². The third-order valence-electron chi connectivity index (χ3n) is 4.12. The summed E-state index contributed by atoms with van der Waals surface area (Å²) in [4.78, 5) is 4.13. The van der Waals surface area contributed by atoms with Crippen LogP contribution in [0.15, 0.2) is 36.7 Å². The molecule has 2 N–H and O–H groups in total. The Labute approximate surface area is 119 Å². The largest absolute Gasteiger partial charge is 0.508 e. The van der Waals surface area contributed by atoms with Crippen LogP contribution in [-0.4, -0.2) is 10.1 Å². The molecule has 0 saturated heterocycles. The number of hydrogen-bond acceptors (Lipinski definition) is 3. The summed E-state index contributed by atoms with van der Waals surface area (Å²) in [6.07, 6.45) is 7.14. The van der Waals surface area contributed by atoms with Crippen LogP contribution in [0.1, 0.15) is 41.1 Å². The van der Waals surface area contributed by atoms with E-state index in [9.17, 15) is 5.11 Å². The molecule has 1 aromatic carbocycles. The van der Waals surface area contributed by atoms with Crippen LogP contribution in [0.25, 0.3) is 0 Å². The van der Waals surface area contributed by atoms with Crippen molar-refractivity contribution in [2.24, 2.45) is 0 Å². The molecule has 20 heavy (non-hydrogen) atoms. The highest BCUT2D eigenvalue weighted by Crippen LogP contribution is 2.32. The van der Waals surface area contributed by atoms with Gasteiger partial charge in [-0.15, -0.1) is 0 Å². The number of nitrogens with one attached hydrogen (secondary N) is 1. The molecule has 0 spiro atoms. The van der Waals surface area contributed by atoms with E-state index in [-0.39, 0.29) is 0 Å². The van der Waals surface area contributed by atoms with Crippen LogP contribution in [0.5, 0.6) is 5.75 Å². The number of aromatic nitrogens is 1. The first-order chi connectivity index (χ1) is 9.74. The molecule has 1 atom stereocenters. The minimum atomic E-state index is 0.370. The van der Waals surface area contributed by atoms with Gasteiger partial charge in [0.2, 0.25) is 0 Å². The van der Waals surface area contributed by atoms with Crippen LogP contribution in [0.3, 0.4) is 0 Å². The zero-order valence-electron chi connectivity index (χ0n) is 11.8. The summed E-state index contributed by atoms with van der Waals surface area (Å²) in [5, 5.41) is 13.2. The van der Waals surface area contributed by atoms with Crippen molar-refractivity contribution in [1.82, 2.24) is 10.3 Å². The lowest BCUT2D eigenvalue weighted by Gasteiger charge is -2.27. The smallest absolute Gasteiger partial charge is 0.115 e. The van der Waals surface area contributed by atoms with Crippen molar-refractivity contribution in [3.8, 4) is 5.75 Å². The molecule has 0 radical (unpaired) electrons. The lowest BCUT2D eigenvalue weighted by atomic mass is 9.87. The molecule has 0 bridgehead atoms. The van der Waals surface area contributed by atoms with Crippen molar-refractivity contribution in [1.29, 1.82) is 0 Å². The summed E-state index contributed by atoms with van der Waals surface area (Å²) in [6.45, 7) is 2.95. The molecule has 1 aliphatic carbocycles. The fraction of sp³-hybridized carbons (Fsp3) is 0.353. The summed E-state index contributed by atoms with van der Waals surface area (Å²) < 4.78 is 0. The molecule has 3 rings (SSSR count). The van der Waals surface area contributed by atoms with Crippen LogP contribution >= 0.6 is 0 Å². The fourth-order valence-electron chi connectivity index (χ4n) is 2.95. The minimum Gasteiger partial charge on any atom is -0.508 e. The molecule has 0 aliphatic heterocycles. The fourth-order valence-corrected chi connectivity index (χ4v) is 2.95. The molecular formula is C17H20N2O. The maximum atomic E-state index is 9.59. The standard InChI is InChI=1S/C17H20N2O/c1-12-10-18-8-7-14(12)11-19-17-4-2-3-13-9-15(20)5-6-16(13)17/h5-10,17,19-20H,2-4,11H2,1H3. The van der Waals surface area contributed by atoms with Gasteiger partial charge in [-0.3, -0.25) is 4.98 Å².